The van der Waals surface area contributed by atoms with E-state index in [0.717, 1.165) is 39.4 Å². The van der Waals surface area contributed by atoms with Crippen molar-refractivity contribution in [3.05, 3.63) is 129 Å². The summed E-state index contributed by atoms with van der Waals surface area (Å²) in [5.41, 5.74) is 3.60. The number of unbranched alkanes of at least 4 members (excludes halogenated alkanes) is 1. The quantitative estimate of drug-likeness (QED) is 0.141. The van der Waals surface area contributed by atoms with Gasteiger partial charge >= 0.3 is 0 Å². The third-order valence-electron chi connectivity index (χ3n) is 7.60. The maximum atomic E-state index is 14.6. The van der Waals surface area contributed by atoms with Crippen LogP contribution in [0, 0.1) is 13.8 Å². The third kappa shape index (κ3) is 9.12. The molecule has 4 rings (SSSR count). The first-order valence-electron chi connectivity index (χ1n) is 15.2. The van der Waals surface area contributed by atoms with Crippen LogP contribution in [0.1, 0.15) is 42.0 Å². The number of anilines is 1. The molecule has 0 heterocycles. The van der Waals surface area contributed by atoms with Crippen LogP contribution < -0.4 is 9.62 Å². The highest BCUT2D eigenvalue weighted by molar-refractivity contribution is 7.92. The van der Waals surface area contributed by atoms with E-state index in [1.54, 1.807) is 18.2 Å². The van der Waals surface area contributed by atoms with Crippen molar-refractivity contribution in [2.45, 2.75) is 57.5 Å². The fourth-order valence-corrected chi connectivity index (χ4v) is 6.96. The number of sulfonamides is 1. The second-order valence-electron chi connectivity index (χ2n) is 11.3. The van der Waals surface area contributed by atoms with Crippen LogP contribution in [-0.4, -0.2) is 44.3 Å². The summed E-state index contributed by atoms with van der Waals surface area (Å²) in [5.74, 6) is -0.883. The number of aryl methyl sites for hydroxylation is 2. The smallest absolute Gasteiger partial charge is 0.264 e. The summed E-state index contributed by atoms with van der Waals surface area (Å²) in [7, 11) is -4.30. The lowest BCUT2D eigenvalue weighted by Gasteiger charge is -2.34. The Balaban J connectivity index is 1.82. The summed E-state index contributed by atoms with van der Waals surface area (Å²) in [6.07, 6.45) is 1.91. The van der Waals surface area contributed by atoms with Gasteiger partial charge in [0.15, 0.2) is 0 Å². The average molecular weight is 681 g/mol. The van der Waals surface area contributed by atoms with E-state index in [-0.39, 0.29) is 39.5 Å². The molecule has 0 saturated heterocycles. The largest absolute Gasteiger partial charge is 0.354 e. The molecule has 0 unspecified atom stereocenters. The van der Waals surface area contributed by atoms with Gasteiger partial charge in [0, 0.05) is 24.5 Å². The molecule has 0 aliphatic carbocycles. The zero-order valence-electron chi connectivity index (χ0n) is 26.2. The number of benzene rings is 4. The Morgan fingerprint density at radius 1 is 0.826 bits per heavy atom. The van der Waals surface area contributed by atoms with Crippen LogP contribution in [0.3, 0.4) is 0 Å². The highest BCUT2D eigenvalue weighted by Crippen LogP contribution is 2.33. The first-order chi connectivity index (χ1) is 22.0. The van der Waals surface area contributed by atoms with Crippen molar-refractivity contribution in [1.29, 1.82) is 0 Å². The Morgan fingerprint density at radius 3 is 2.20 bits per heavy atom. The normalized spacial score (nSPS) is 11.9. The minimum atomic E-state index is -4.30. The number of carbonyl (C=O) groups is 2. The lowest BCUT2D eigenvalue weighted by atomic mass is 10.0. The van der Waals surface area contributed by atoms with E-state index < -0.39 is 28.5 Å². The fraction of sp³-hybridized carbons (Fsp3) is 0.278. The minimum absolute atomic E-state index is 0.00896. The van der Waals surface area contributed by atoms with Crippen molar-refractivity contribution in [2.24, 2.45) is 0 Å². The number of nitrogens with zero attached hydrogens (tertiary/aromatic N) is 2. The van der Waals surface area contributed by atoms with Crippen LogP contribution >= 0.6 is 23.2 Å². The molecule has 1 atom stereocenters. The molecule has 10 heteroatoms. The van der Waals surface area contributed by atoms with E-state index in [0.29, 0.717) is 6.54 Å². The summed E-state index contributed by atoms with van der Waals surface area (Å²) >= 11 is 12.9. The van der Waals surface area contributed by atoms with Gasteiger partial charge in [-0.1, -0.05) is 114 Å². The number of rotatable bonds is 14. The van der Waals surface area contributed by atoms with E-state index in [4.69, 9.17) is 23.2 Å². The highest BCUT2D eigenvalue weighted by Gasteiger charge is 2.35. The van der Waals surface area contributed by atoms with E-state index >= 15 is 0 Å². The van der Waals surface area contributed by atoms with Crippen LogP contribution in [0.25, 0.3) is 0 Å². The predicted octanol–water partition coefficient (Wildman–Crippen LogP) is 7.36. The Morgan fingerprint density at radius 2 is 1.52 bits per heavy atom. The molecule has 0 spiro atoms. The van der Waals surface area contributed by atoms with E-state index in [2.05, 4.69) is 5.32 Å². The van der Waals surface area contributed by atoms with Gasteiger partial charge in [-0.3, -0.25) is 13.9 Å². The summed E-state index contributed by atoms with van der Waals surface area (Å²) in [5, 5.41) is 3.36. The van der Waals surface area contributed by atoms with Crippen molar-refractivity contribution in [2.75, 3.05) is 17.4 Å². The van der Waals surface area contributed by atoms with Crippen molar-refractivity contribution >= 4 is 50.7 Å². The van der Waals surface area contributed by atoms with E-state index in [9.17, 15) is 18.0 Å². The van der Waals surface area contributed by atoms with Gasteiger partial charge in [0.2, 0.25) is 11.8 Å². The monoisotopic (exact) mass is 679 g/mol. The molecule has 4 aromatic rings. The lowest BCUT2D eigenvalue weighted by molar-refractivity contribution is -0.140. The second-order valence-corrected chi connectivity index (χ2v) is 14.0. The summed E-state index contributed by atoms with van der Waals surface area (Å²) in [6, 6.07) is 27.0. The maximum Gasteiger partial charge on any atom is 0.264 e. The van der Waals surface area contributed by atoms with E-state index in [1.165, 1.54) is 29.2 Å². The molecule has 4 aromatic carbocycles. The Bertz CT molecular complexity index is 1750. The molecule has 242 valence electrons. The second kappa shape index (κ2) is 16.1. The molecule has 0 aliphatic rings. The van der Waals surface area contributed by atoms with Crippen LogP contribution in [-0.2, 0) is 32.6 Å². The lowest BCUT2D eigenvalue weighted by Crippen LogP contribution is -2.53. The molecule has 46 heavy (non-hydrogen) atoms. The van der Waals surface area contributed by atoms with Crippen molar-refractivity contribution in [1.82, 2.24) is 10.2 Å². The van der Waals surface area contributed by atoms with Gasteiger partial charge in [-0.05, 0) is 61.7 Å². The topological polar surface area (TPSA) is 86.8 Å². The highest BCUT2D eigenvalue weighted by atomic mass is 35.5. The molecular formula is C36H39Cl2N3O4S. The van der Waals surface area contributed by atoms with Crippen molar-refractivity contribution < 1.29 is 18.0 Å². The molecule has 0 aliphatic heterocycles. The SMILES string of the molecule is CCCCNC(=O)[C@@H](Cc1ccccc1)N(Cc1cccc(C)c1)C(=O)CN(c1cc(Cl)ccc1Cl)S(=O)(=O)c1ccc(C)cc1. The van der Waals surface area contributed by atoms with Crippen LogP contribution in [0.2, 0.25) is 10.0 Å². The molecule has 7 nitrogen and oxygen atoms in total. The molecular weight excluding hydrogens is 641 g/mol. The number of carbonyl (C=O) groups excluding carboxylic acids is 2. The molecule has 0 fully saturated rings. The Kier molecular flexibility index (Phi) is 12.3. The molecule has 0 saturated carbocycles. The van der Waals surface area contributed by atoms with Crippen molar-refractivity contribution in [3.63, 3.8) is 0 Å². The number of nitrogens with one attached hydrogen (secondary N) is 1. The zero-order valence-corrected chi connectivity index (χ0v) is 28.6. The van der Waals surface area contributed by atoms with Crippen LogP contribution in [0.15, 0.2) is 102 Å². The average Bonchev–Trinajstić information content (AvgIpc) is 3.03. The summed E-state index contributed by atoms with van der Waals surface area (Å²) in [4.78, 5) is 29.9. The first kappa shape index (κ1) is 35.0. The standard InChI is InChI=1S/C36H39Cl2N3O4S/c1-4-5-20-39-36(43)34(22-28-11-7-6-8-12-28)40(24-29-13-9-10-27(3)21-29)35(42)25-41(33-23-30(37)16-19-32(33)38)46(44,45)31-17-14-26(2)15-18-31/h6-19,21,23,34H,4-5,20,22,24-25H2,1-3H3,(H,39,43)/t34-/m1/s1. The zero-order chi connectivity index (χ0) is 33.3. The predicted molar refractivity (Wildman–Crippen MR) is 186 cm³/mol. The summed E-state index contributed by atoms with van der Waals surface area (Å²) < 4.78 is 29.4. The van der Waals surface area contributed by atoms with Gasteiger partial charge in [0.05, 0.1) is 15.6 Å². The number of halogens is 2. The number of amides is 2. The van der Waals surface area contributed by atoms with Gasteiger partial charge in [0.1, 0.15) is 12.6 Å². The Labute approximate surface area is 282 Å². The minimum Gasteiger partial charge on any atom is -0.354 e. The summed E-state index contributed by atoms with van der Waals surface area (Å²) in [6.45, 7) is 5.76. The van der Waals surface area contributed by atoms with Gasteiger partial charge < -0.3 is 10.2 Å². The number of hydrogen-bond donors (Lipinski definition) is 1. The van der Waals surface area contributed by atoms with Gasteiger partial charge in [0.25, 0.3) is 10.0 Å². The molecule has 2 amide bonds. The molecule has 0 aromatic heterocycles. The van der Waals surface area contributed by atoms with Crippen LogP contribution in [0.4, 0.5) is 5.69 Å². The third-order valence-corrected chi connectivity index (χ3v) is 9.93. The van der Waals surface area contributed by atoms with Gasteiger partial charge in [-0.2, -0.15) is 0 Å². The van der Waals surface area contributed by atoms with Crippen LogP contribution in [0.5, 0.6) is 0 Å². The molecule has 1 N–H and O–H groups in total. The molecule has 0 bridgehead atoms. The van der Waals surface area contributed by atoms with E-state index in [1.807, 2.05) is 75.4 Å². The number of hydrogen-bond acceptors (Lipinski definition) is 4. The molecule has 0 radical (unpaired) electrons. The first-order valence-corrected chi connectivity index (χ1v) is 17.4. The van der Waals surface area contributed by atoms with Gasteiger partial charge in [-0.15, -0.1) is 0 Å². The van der Waals surface area contributed by atoms with Gasteiger partial charge in [-0.25, -0.2) is 8.42 Å². The Hall–Kier alpha value is -3.85. The maximum absolute atomic E-state index is 14.6. The van der Waals surface area contributed by atoms with Crippen molar-refractivity contribution in [3.8, 4) is 0 Å². The fourth-order valence-electron chi connectivity index (χ4n) is 5.10.